The monoisotopic (exact) mass is 388 g/mol. The van der Waals surface area contributed by atoms with E-state index in [1.807, 2.05) is 24.3 Å². The van der Waals surface area contributed by atoms with Crippen LogP contribution in [0.4, 0.5) is 5.13 Å². The van der Waals surface area contributed by atoms with Gasteiger partial charge >= 0.3 is 0 Å². The van der Waals surface area contributed by atoms with Gasteiger partial charge in [-0.3, -0.25) is 14.9 Å². The fourth-order valence-corrected chi connectivity index (χ4v) is 3.78. The lowest BCUT2D eigenvalue weighted by atomic mass is 10.0. The molecule has 0 aliphatic heterocycles. The Balaban J connectivity index is 1.62. The Labute approximate surface area is 162 Å². The summed E-state index contributed by atoms with van der Waals surface area (Å²) in [5.41, 5.74) is -0.131. The second-order valence-electron chi connectivity index (χ2n) is 7.19. The lowest BCUT2D eigenvalue weighted by molar-refractivity contribution is -0.131. The van der Waals surface area contributed by atoms with Crippen LogP contribution in [0.2, 0.25) is 0 Å². The van der Waals surface area contributed by atoms with E-state index >= 15 is 0 Å². The number of amides is 2. The molecule has 0 atom stereocenters. The van der Waals surface area contributed by atoms with Gasteiger partial charge in [-0.05, 0) is 51.0 Å². The summed E-state index contributed by atoms with van der Waals surface area (Å²) in [4.78, 5) is 24.9. The Kier molecular flexibility index (Phi) is 5.74. The number of rotatable bonds is 6. The second kappa shape index (κ2) is 8.04. The molecule has 1 aliphatic rings. The summed E-state index contributed by atoms with van der Waals surface area (Å²) >= 11 is 1.28. The molecule has 7 nitrogen and oxygen atoms in total. The Hall–Kier alpha value is -2.48. The zero-order valence-electron chi connectivity index (χ0n) is 15.7. The zero-order chi connectivity index (χ0) is 19.4. The molecule has 0 spiro atoms. The van der Waals surface area contributed by atoms with E-state index in [4.69, 9.17) is 4.74 Å². The molecule has 1 aromatic carbocycles. The first kappa shape index (κ1) is 19.3. The largest absolute Gasteiger partial charge is 0.497 e. The minimum Gasteiger partial charge on any atom is -0.497 e. The molecule has 1 saturated carbocycles. The van der Waals surface area contributed by atoms with E-state index < -0.39 is 5.54 Å². The van der Waals surface area contributed by atoms with Gasteiger partial charge in [0.05, 0.1) is 7.11 Å². The third-order valence-corrected chi connectivity index (χ3v) is 5.60. The van der Waals surface area contributed by atoms with E-state index in [-0.39, 0.29) is 17.7 Å². The highest BCUT2D eigenvalue weighted by atomic mass is 32.1. The van der Waals surface area contributed by atoms with Crippen LogP contribution in [0.3, 0.4) is 0 Å². The summed E-state index contributed by atoms with van der Waals surface area (Å²) in [5, 5.41) is 14.9. The van der Waals surface area contributed by atoms with Gasteiger partial charge in [0.2, 0.25) is 11.0 Å². The van der Waals surface area contributed by atoms with Crippen molar-refractivity contribution >= 4 is 28.3 Å². The number of hydrogen-bond donors (Lipinski definition) is 2. The van der Waals surface area contributed by atoms with Crippen molar-refractivity contribution in [3.63, 3.8) is 0 Å². The van der Waals surface area contributed by atoms with Crippen molar-refractivity contribution in [3.8, 4) is 16.3 Å². The Bertz CT molecular complexity index is 811. The lowest BCUT2D eigenvalue weighted by Gasteiger charge is -2.26. The molecular formula is C19H24N4O3S. The third-order valence-electron chi connectivity index (χ3n) is 4.71. The predicted molar refractivity (Wildman–Crippen MR) is 105 cm³/mol. The summed E-state index contributed by atoms with van der Waals surface area (Å²) in [7, 11) is 1.61. The molecule has 27 heavy (non-hydrogen) atoms. The first-order valence-corrected chi connectivity index (χ1v) is 9.82. The first-order chi connectivity index (χ1) is 12.9. The van der Waals surface area contributed by atoms with E-state index in [0.29, 0.717) is 10.1 Å². The summed E-state index contributed by atoms with van der Waals surface area (Å²) in [5.74, 6) is 0.409. The van der Waals surface area contributed by atoms with Crippen LogP contribution < -0.4 is 15.4 Å². The number of ether oxygens (including phenoxy) is 1. The van der Waals surface area contributed by atoms with E-state index in [2.05, 4.69) is 20.8 Å². The Morgan fingerprint density at radius 3 is 2.44 bits per heavy atom. The van der Waals surface area contributed by atoms with Crippen molar-refractivity contribution in [1.82, 2.24) is 15.5 Å². The van der Waals surface area contributed by atoms with Crippen LogP contribution in [0, 0.1) is 5.92 Å². The van der Waals surface area contributed by atoms with Crippen LogP contribution in [-0.2, 0) is 9.59 Å². The minimum absolute atomic E-state index is 0.0141. The number of anilines is 1. The average molecular weight is 388 g/mol. The van der Waals surface area contributed by atoms with Gasteiger partial charge in [0.15, 0.2) is 0 Å². The SMILES string of the molecule is COc1ccc(-c2nnc(NC(=O)C(C)(C)NC(=O)C3CCCC3)s2)cc1. The molecule has 8 heteroatoms. The van der Waals surface area contributed by atoms with Crippen LogP contribution in [0.1, 0.15) is 39.5 Å². The number of nitrogens with zero attached hydrogens (tertiary/aromatic N) is 2. The van der Waals surface area contributed by atoms with Crippen LogP contribution in [0.15, 0.2) is 24.3 Å². The molecule has 3 rings (SSSR count). The van der Waals surface area contributed by atoms with E-state index in [1.54, 1.807) is 21.0 Å². The number of nitrogens with one attached hydrogen (secondary N) is 2. The summed E-state index contributed by atoms with van der Waals surface area (Å²) in [6.07, 6.45) is 3.93. The van der Waals surface area contributed by atoms with Crippen molar-refractivity contribution in [2.24, 2.45) is 5.92 Å². The van der Waals surface area contributed by atoms with Crippen molar-refractivity contribution in [2.45, 2.75) is 45.1 Å². The van der Waals surface area contributed by atoms with Gasteiger partial charge in [0, 0.05) is 11.5 Å². The van der Waals surface area contributed by atoms with Gasteiger partial charge in [0.25, 0.3) is 5.91 Å². The van der Waals surface area contributed by atoms with Crippen LogP contribution >= 0.6 is 11.3 Å². The number of carbonyl (C=O) groups is 2. The highest BCUT2D eigenvalue weighted by Crippen LogP contribution is 2.28. The summed E-state index contributed by atoms with van der Waals surface area (Å²) in [6.45, 7) is 3.39. The normalized spacial score (nSPS) is 14.8. The maximum absolute atomic E-state index is 12.6. The number of benzene rings is 1. The molecule has 2 aromatic rings. The van der Waals surface area contributed by atoms with Crippen molar-refractivity contribution in [2.75, 3.05) is 12.4 Å². The van der Waals surface area contributed by atoms with Gasteiger partial charge in [-0.1, -0.05) is 24.2 Å². The van der Waals surface area contributed by atoms with E-state index in [9.17, 15) is 9.59 Å². The van der Waals surface area contributed by atoms with Crippen molar-refractivity contribution in [1.29, 1.82) is 0 Å². The quantitative estimate of drug-likeness (QED) is 0.792. The minimum atomic E-state index is -1.02. The number of methoxy groups -OCH3 is 1. The summed E-state index contributed by atoms with van der Waals surface area (Å²) < 4.78 is 5.14. The molecule has 144 valence electrons. The zero-order valence-corrected chi connectivity index (χ0v) is 16.6. The third kappa shape index (κ3) is 4.63. The highest BCUT2D eigenvalue weighted by Gasteiger charge is 2.33. The van der Waals surface area contributed by atoms with Crippen molar-refractivity contribution in [3.05, 3.63) is 24.3 Å². The maximum Gasteiger partial charge on any atom is 0.251 e. The molecule has 0 unspecified atom stereocenters. The fraction of sp³-hybridized carbons (Fsp3) is 0.474. The Morgan fingerprint density at radius 1 is 1.15 bits per heavy atom. The van der Waals surface area contributed by atoms with Gasteiger partial charge < -0.3 is 10.1 Å². The Morgan fingerprint density at radius 2 is 1.81 bits per heavy atom. The molecule has 2 N–H and O–H groups in total. The molecular weight excluding hydrogens is 364 g/mol. The number of hydrogen-bond acceptors (Lipinski definition) is 6. The second-order valence-corrected chi connectivity index (χ2v) is 8.17. The smallest absolute Gasteiger partial charge is 0.251 e. The fourth-order valence-electron chi connectivity index (χ4n) is 3.03. The molecule has 1 fully saturated rings. The molecule has 1 aromatic heterocycles. The van der Waals surface area contributed by atoms with Crippen LogP contribution in [0.5, 0.6) is 5.75 Å². The standard InChI is InChI=1S/C19H24N4O3S/c1-19(2,21-15(24)12-6-4-5-7-12)17(25)20-18-23-22-16(27-18)13-8-10-14(26-3)11-9-13/h8-12H,4-7H2,1-3H3,(H,21,24)(H,20,23,25). The first-order valence-electron chi connectivity index (χ1n) is 9.00. The number of aromatic nitrogens is 2. The van der Waals surface area contributed by atoms with Crippen LogP contribution in [-0.4, -0.2) is 34.7 Å². The highest BCUT2D eigenvalue weighted by molar-refractivity contribution is 7.18. The lowest BCUT2D eigenvalue weighted by Crippen LogP contribution is -2.53. The van der Waals surface area contributed by atoms with Crippen molar-refractivity contribution < 1.29 is 14.3 Å². The van der Waals surface area contributed by atoms with Gasteiger partial charge in [-0.2, -0.15) is 0 Å². The molecule has 0 radical (unpaired) electrons. The molecule has 1 heterocycles. The van der Waals surface area contributed by atoms with E-state index in [1.165, 1.54) is 11.3 Å². The van der Waals surface area contributed by atoms with Gasteiger partial charge in [-0.15, -0.1) is 10.2 Å². The average Bonchev–Trinajstić information content (AvgIpc) is 3.33. The molecule has 0 saturated heterocycles. The van der Waals surface area contributed by atoms with Gasteiger partial charge in [-0.25, -0.2) is 0 Å². The molecule has 2 amide bonds. The summed E-state index contributed by atoms with van der Waals surface area (Å²) in [6, 6.07) is 7.46. The topological polar surface area (TPSA) is 93.2 Å². The predicted octanol–water partition coefficient (Wildman–Crippen LogP) is 3.24. The number of carbonyl (C=O) groups excluding carboxylic acids is 2. The van der Waals surface area contributed by atoms with Gasteiger partial charge in [0.1, 0.15) is 16.3 Å². The maximum atomic E-state index is 12.6. The van der Waals surface area contributed by atoms with Crippen LogP contribution in [0.25, 0.3) is 10.6 Å². The molecule has 0 bridgehead atoms. The van der Waals surface area contributed by atoms with E-state index in [0.717, 1.165) is 37.0 Å². The molecule has 1 aliphatic carbocycles.